The first kappa shape index (κ1) is 53.3. The lowest BCUT2D eigenvalue weighted by molar-refractivity contribution is -0.141. The van der Waals surface area contributed by atoms with E-state index in [-0.39, 0.29) is 48.9 Å². The summed E-state index contributed by atoms with van der Waals surface area (Å²) in [7, 11) is 0. The normalized spacial score (nSPS) is 20.0. The van der Waals surface area contributed by atoms with E-state index >= 15 is 0 Å². The molecule has 0 aliphatic carbocycles. The number of halogens is 6. The number of carbonyl (C=O) groups excluding carboxylic acids is 4. The van der Waals surface area contributed by atoms with Crippen molar-refractivity contribution >= 4 is 24.0 Å². The molecule has 14 nitrogen and oxygen atoms in total. The third-order valence-electron chi connectivity index (χ3n) is 10.3. The Labute approximate surface area is 371 Å². The fourth-order valence-corrected chi connectivity index (χ4v) is 6.50. The molecule has 20 heteroatoms. The van der Waals surface area contributed by atoms with E-state index in [1.165, 1.54) is 24.5 Å². The van der Waals surface area contributed by atoms with Crippen LogP contribution in [0.3, 0.4) is 0 Å². The van der Waals surface area contributed by atoms with E-state index in [4.69, 9.17) is 18.9 Å². The van der Waals surface area contributed by atoms with Gasteiger partial charge in [0.05, 0.1) is 10.8 Å². The van der Waals surface area contributed by atoms with Gasteiger partial charge in [-0.25, -0.2) is 19.6 Å². The van der Waals surface area contributed by atoms with Gasteiger partial charge in [-0.15, -0.1) is 0 Å². The van der Waals surface area contributed by atoms with Crippen molar-refractivity contribution in [3.63, 3.8) is 0 Å². The molecule has 0 bridgehead atoms. The molecule has 4 heterocycles. The highest BCUT2D eigenvalue weighted by Crippen LogP contribution is 2.37. The molecule has 0 saturated carbocycles. The van der Waals surface area contributed by atoms with Gasteiger partial charge in [-0.1, -0.05) is 13.8 Å². The highest BCUT2D eigenvalue weighted by molar-refractivity contribution is 5.83. The summed E-state index contributed by atoms with van der Waals surface area (Å²) < 4.78 is 100. The quantitative estimate of drug-likeness (QED) is 0.221. The van der Waals surface area contributed by atoms with Crippen LogP contribution in [0.2, 0.25) is 0 Å². The summed E-state index contributed by atoms with van der Waals surface area (Å²) in [5.41, 5.74) is -5.34. The Morgan fingerprint density at radius 3 is 1.22 bits per heavy atom. The van der Waals surface area contributed by atoms with Crippen LogP contribution < -0.4 is 20.1 Å². The predicted molar refractivity (Wildman–Crippen MR) is 224 cm³/mol. The molecule has 0 spiro atoms. The van der Waals surface area contributed by atoms with Crippen molar-refractivity contribution in [3.05, 3.63) is 47.8 Å². The van der Waals surface area contributed by atoms with Crippen molar-refractivity contribution < 1.29 is 64.5 Å². The Morgan fingerprint density at radius 2 is 0.938 bits per heavy atom. The number of ether oxygens (including phenoxy) is 4. The molecule has 4 atom stereocenters. The second-order valence-electron chi connectivity index (χ2n) is 19.6. The summed E-state index contributed by atoms with van der Waals surface area (Å²) in [5.74, 6) is -1.84. The smallest absolute Gasteiger partial charge is 0.421 e. The van der Waals surface area contributed by atoms with E-state index < -0.39 is 69.5 Å². The Kier molecular flexibility index (Phi) is 17.4. The molecule has 2 fully saturated rings. The maximum absolute atomic E-state index is 13.1. The zero-order chi connectivity index (χ0) is 48.6. The lowest BCUT2D eigenvalue weighted by atomic mass is 9.89. The number of nitrogens with zero attached hydrogens (tertiary/aromatic N) is 4. The van der Waals surface area contributed by atoms with Gasteiger partial charge in [0, 0.05) is 50.7 Å². The third-order valence-corrected chi connectivity index (χ3v) is 10.3. The molecule has 0 aromatic carbocycles. The van der Waals surface area contributed by atoms with Crippen LogP contribution in [-0.2, 0) is 31.4 Å². The SMILES string of the molecule is C[C@@H]1CN(C(=O)OC(C)(C)C)CC[C@H]1NC(=O)C(C)(C)COc1ncccc1C(F)(F)F.C[C@H]1CN(C(=O)OC(C)(C)C)CC[C@@H]1NC(=O)C(C)(C)COc1ncccc1C(F)(F)F. The number of piperidine rings is 2. The number of amides is 4. The molecule has 64 heavy (non-hydrogen) atoms. The van der Waals surface area contributed by atoms with E-state index in [1.54, 1.807) is 79.0 Å². The summed E-state index contributed by atoms with van der Waals surface area (Å²) in [6.07, 6.45) is -6.49. The van der Waals surface area contributed by atoms with Crippen molar-refractivity contribution in [2.45, 2.75) is 132 Å². The number of hydrogen-bond acceptors (Lipinski definition) is 10. The minimum atomic E-state index is -4.60. The van der Waals surface area contributed by atoms with Crippen LogP contribution in [0.25, 0.3) is 0 Å². The van der Waals surface area contributed by atoms with Crippen LogP contribution >= 0.6 is 0 Å². The highest BCUT2D eigenvalue weighted by atomic mass is 19.4. The van der Waals surface area contributed by atoms with Gasteiger partial charge in [-0.2, -0.15) is 26.3 Å². The van der Waals surface area contributed by atoms with Crippen LogP contribution in [-0.4, -0.2) is 106 Å². The van der Waals surface area contributed by atoms with Crippen LogP contribution in [0.5, 0.6) is 11.8 Å². The van der Waals surface area contributed by atoms with Crippen molar-refractivity contribution in [2.75, 3.05) is 39.4 Å². The molecular weight excluding hydrogens is 855 g/mol. The fourth-order valence-electron chi connectivity index (χ4n) is 6.50. The van der Waals surface area contributed by atoms with E-state index in [1.807, 2.05) is 13.8 Å². The molecule has 0 radical (unpaired) electrons. The zero-order valence-electron chi connectivity index (χ0n) is 38.8. The van der Waals surface area contributed by atoms with Gasteiger partial charge in [0.15, 0.2) is 0 Å². The molecule has 2 aliphatic heterocycles. The number of nitrogens with one attached hydrogen (secondary N) is 2. The van der Waals surface area contributed by atoms with Gasteiger partial charge in [-0.05, 0) is 118 Å². The lowest BCUT2D eigenvalue weighted by Gasteiger charge is -2.39. The minimum Gasteiger partial charge on any atom is -0.476 e. The predicted octanol–water partition coefficient (Wildman–Crippen LogP) is 8.53. The fraction of sp³-hybridized carbons (Fsp3) is 0.682. The van der Waals surface area contributed by atoms with Gasteiger partial charge < -0.3 is 39.4 Å². The molecule has 2 saturated heterocycles. The lowest BCUT2D eigenvalue weighted by Crippen LogP contribution is -2.54. The number of aromatic nitrogens is 2. The first-order chi connectivity index (χ1) is 29.2. The molecule has 2 aromatic heterocycles. The van der Waals surface area contributed by atoms with Gasteiger partial charge in [0.2, 0.25) is 23.6 Å². The molecule has 360 valence electrons. The Bertz CT molecular complexity index is 1780. The summed E-state index contributed by atoms with van der Waals surface area (Å²) in [6, 6.07) is 3.77. The topological polar surface area (TPSA) is 162 Å². The summed E-state index contributed by atoms with van der Waals surface area (Å²) in [6.45, 7) is 22.2. The van der Waals surface area contributed by atoms with Gasteiger partial charge in [0.1, 0.15) is 35.5 Å². The second kappa shape index (κ2) is 20.9. The first-order valence-corrected chi connectivity index (χ1v) is 21.1. The minimum absolute atomic E-state index is 0.0236. The molecule has 2 aliphatic rings. The van der Waals surface area contributed by atoms with Crippen molar-refractivity contribution in [1.29, 1.82) is 0 Å². The maximum Gasteiger partial charge on any atom is 0.421 e. The van der Waals surface area contributed by atoms with Crippen LogP contribution in [0.4, 0.5) is 35.9 Å². The maximum atomic E-state index is 13.1. The van der Waals surface area contributed by atoms with Crippen LogP contribution in [0.15, 0.2) is 36.7 Å². The molecule has 2 aromatic rings. The number of likely N-dealkylation sites (tertiary alicyclic amines) is 2. The Morgan fingerprint density at radius 1 is 0.609 bits per heavy atom. The highest BCUT2D eigenvalue weighted by Gasteiger charge is 2.40. The van der Waals surface area contributed by atoms with Crippen LogP contribution in [0.1, 0.15) is 107 Å². The van der Waals surface area contributed by atoms with Crippen LogP contribution in [0, 0.1) is 22.7 Å². The summed E-state index contributed by atoms with van der Waals surface area (Å²) in [5, 5.41) is 5.91. The average Bonchev–Trinajstić information content (AvgIpc) is 3.16. The second-order valence-corrected chi connectivity index (χ2v) is 19.6. The third kappa shape index (κ3) is 16.2. The number of rotatable bonds is 10. The summed E-state index contributed by atoms with van der Waals surface area (Å²) in [4.78, 5) is 60.8. The number of hydrogen-bond donors (Lipinski definition) is 2. The molecule has 2 N–H and O–H groups in total. The van der Waals surface area contributed by atoms with Gasteiger partial charge in [0.25, 0.3) is 0 Å². The molecule has 0 unspecified atom stereocenters. The molecule has 4 rings (SSSR count). The van der Waals surface area contributed by atoms with E-state index in [2.05, 4.69) is 20.6 Å². The Hall–Kier alpha value is -5.04. The molecule has 4 amide bonds. The van der Waals surface area contributed by atoms with Gasteiger partial charge >= 0.3 is 24.5 Å². The van der Waals surface area contributed by atoms with Gasteiger partial charge in [-0.3, -0.25) is 9.59 Å². The van der Waals surface area contributed by atoms with E-state index in [0.717, 1.165) is 12.1 Å². The molecular formula is C44H64F6N6O8. The largest absolute Gasteiger partial charge is 0.476 e. The zero-order valence-corrected chi connectivity index (χ0v) is 38.8. The summed E-state index contributed by atoms with van der Waals surface area (Å²) >= 11 is 0. The van der Waals surface area contributed by atoms with E-state index in [0.29, 0.717) is 39.0 Å². The number of pyridine rings is 2. The van der Waals surface area contributed by atoms with Crippen molar-refractivity contribution in [2.24, 2.45) is 22.7 Å². The first-order valence-electron chi connectivity index (χ1n) is 21.1. The van der Waals surface area contributed by atoms with Crippen molar-refractivity contribution in [3.8, 4) is 11.8 Å². The number of alkyl halides is 6. The Balaban J connectivity index is 0.000000340. The standard InChI is InChI=1S/2C22H32F3N3O4/c2*1-14-12-28(19(30)32-20(2,3)4)11-9-16(14)27-18(29)21(5,6)13-31-17-15(22(23,24)25)8-7-10-26-17/h2*7-8,10,14,16H,9,11-13H2,1-6H3,(H,27,29)/t2*14-,16-/m10/s1. The monoisotopic (exact) mass is 918 g/mol. The van der Waals surface area contributed by atoms with E-state index in [9.17, 15) is 45.5 Å². The van der Waals surface area contributed by atoms with Crippen molar-refractivity contribution in [1.82, 2.24) is 30.4 Å². The number of carbonyl (C=O) groups is 4. The average molecular weight is 919 g/mol.